The summed E-state index contributed by atoms with van der Waals surface area (Å²) in [6, 6.07) is 13.1. The third-order valence-corrected chi connectivity index (χ3v) is 7.56. The van der Waals surface area contributed by atoms with Crippen LogP contribution in [0.15, 0.2) is 69.0 Å². The number of hydrogen-bond donors (Lipinski definition) is 1. The SMILES string of the molecule is COc1cc(C2CCC2)c(C)cc1-n1c(=O)ccc2cc(S(=O)(=O)Nc3ccon3)ccc21. The molecule has 1 aliphatic rings. The summed E-state index contributed by atoms with van der Waals surface area (Å²) in [5.74, 6) is 1.23. The van der Waals surface area contributed by atoms with E-state index in [-0.39, 0.29) is 16.3 Å². The second-order valence-corrected chi connectivity index (χ2v) is 9.91. The molecule has 170 valence electrons. The van der Waals surface area contributed by atoms with Gasteiger partial charge in [0.15, 0.2) is 5.82 Å². The number of pyridine rings is 1. The number of aromatic nitrogens is 2. The van der Waals surface area contributed by atoms with Gasteiger partial charge in [-0.3, -0.25) is 14.1 Å². The van der Waals surface area contributed by atoms with Gasteiger partial charge in [-0.2, -0.15) is 0 Å². The summed E-state index contributed by atoms with van der Waals surface area (Å²) in [6.45, 7) is 2.05. The minimum Gasteiger partial charge on any atom is -0.495 e. The van der Waals surface area contributed by atoms with Crippen LogP contribution < -0.4 is 15.0 Å². The zero-order chi connectivity index (χ0) is 23.2. The monoisotopic (exact) mass is 465 g/mol. The summed E-state index contributed by atoms with van der Waals surface area (Å²) >= 11 is 0. The molecule has 0 radical (unpaired) electrons. The Morgan fingerprint density at radius 1 is 1.12 bits per heavy atom. The van der Waals surface area contributed by atoms with Gasteiger partial charge in [-0.1, -0.05) is 11.6 Å². The Balaban J connectivity index is 1.63. The van der Waals surface area contributed by atoms with Gasteiger partial charge in [0.05, 0.1) is 23.2 Å². The molecule has 33 heavy (non-hydrogen) atoms. The van der Waals surface area contributed by atoms with Crippen LogP contribution >= 0.6 is 0 Å². The molecule has 8 nitrogen and oxygen atoms in total. The molecule has 0 amide bonds. The Kier molecular flexibility index (Phi) is 5.20. The van der Waals surface area contributed by atoms with E-state index >= 15 is 0 Å². The van der Waals surface area contributed by atoms with Gasteiger partial charge in [0.2, 0.25) is 0 Å². The van der Waals surface area contributed by atoms with Crippen molar-refractivity contribution >= 4 is 26.7 Å². The first-order valence-electron chi connectivity index (χ1n) is 10.7. The van der Waals surface area contributed by atoms with Crippen molar-refractivity contribution in [3.8, 4) is 11.4 Å². The summed E-state index contributed by atoms with van der Waals surface area (Å²) in [5.41, 5.74) is 3.34. The van der Waals surface area contributed by atoms with E-state index in [1.807, 2.05) is 19.1 Å². The topological polar surface area (TPSA) is 103 Å². The molecule has 0 atom stereocenters. The molecule has 1 fully saturated rings. The average molecular weight is 466 g/mol. The van der Waals surface area contributed by atoms with Gasteiger partial charge in [0.25, 0.3) is 15.6 Å². The van der Waals surface area contributed by atoms with Gasteiger partial charge >= 0.3 is 0 Å². The quantitative estimate of drug-likeness (QED) is 0.454. The van der Waals surface area contributed by atoms with Crippen molar-refractivity contribution in [3.63, 3.8) is 0 Å². The van der Waals surface area contributed by atoms with Crippen LogP contribution in [0.5, 0.6) is 5.75 Å². The van der Waals surface area contributed by atoms with Crippen LogP contribution in [-0.4, -0.2) is 25.3 Å². The molecule has 1 saturated carbocycles. The summed E-state index contributed by atoms with van der Waals surface area (Å²) in [5, 5.41) is 4.18. The number of anilines is 1. The highest BCUT2D eigenvalue weighted by Gasteiger charge is 2.24. The van der Waals surface area contributed by atoms with Gasteiger partial charge in [-0.05, 0) is 73.2 Å². The Hall–Kier alpha value is -3.59. The summed E-state index contributed by atoms with van der Waals surface area (Å²) in [6.07, 6.45) is 4.84. The molecule has 9 heteroatoms. The first-order valence-corrected chi connectivity index (χ1v) is 12.1. The van der Waals surface area contributed by atoms with Gasteiger partial charge in [0, 0.05) is 17.5 Å². The van der Waals surface area contributed by atoms with Crippen molar-refractivity contribution in [2.75, 3.05) is 11.8 Å². The van der Waals surface area contributed by atoms with Crippen molar-refractivity contribution in [1.29, 1.82) is 0 Å². The Morgan fingerprint density at radius 3 is 2.61 bits per heavy atom. The van der Waals surface area contributed by atoms with Crippen LogP contribution in [0.3, 0.4) is 0 Å². The van der Waals surface area contributed by atoms with Gasteiger partial charge in [0.1, 0.15) is 12.0 Å². The maximum atomic E-state index is 13.0. The third kappa shape index (κ3) is 3.78. The third-order valence-electron chi connectivity index (χ3n) is 6.21. The number of nitrogens with zero attached hydrogens (tertiary/aromatic N) is 2. The van der Waals surface area contributed by atoms with E-state index in [0.717, 1.165) is 18.4 Å². The minimum atomic E-state index is -3.88. The highest BCUT2D eigenvalue weighted by molar-refractivity contribution is 7.92. The number of sulfonamides is 1. The molecule has 5 rings (SSSR count). The maximum absolute atomic E-state index is 13.0. The van der Waals surface area contributed by atoms with Crippen LogP contribution in [0.1, 0.15) is 36.3 Å². The molecule has 4 aromatic rings. The Morgan fingerprint density at radius 2 is 1.94 bits per heavy atom. The van der Waals surface area contributed by atoms with Crippen molar-refractivity contribution in [3.05, 3.63) is 76.3 Å². The molecule has 2 aromatic carbocycles. The predicted molar refractivity (Wildman–Crippen MR) is 125 cm³/mol. The number of fused-ring (bicyclic) bond motifs is 1. The number of benzene rings is 2. The molecule has 1 N–H and O–H groups in total. The first kappa shape index (κ1) is 21.3. The summed E-state index contributed by atoms with van der Waals surface area (Å²) < 4.78 is 39.8. The van der Waals surface area contributed by atoms with Crippen LogP contribution in [-0.2, 0) is 10.0 Å². The van der Waals surface area contributed by atoms with E-state index in [9.17, 15) is 13.2 Å². The van der Waals surface area contributed by atoms with Crippen LogP contribution in [0.4, 0.5) is 5.82 Å². The lowest BCUT2D eigenvalue weighted by atomic mass is 9.78. The fraction of sp³-hybridized carbons (Fsp3) is 0.250. The number of nitrogens with one attached hydrogen (secondary N) is 1. The predicted octanol–water partition coefficient (Wildman–Crippen LogP) is 4.36. The summed E-state index contributed by atoms with van der Waals surface area (Å²) in [4.78, 5) is 13.0. The number of methoxy groups -OCH3 is 1. The maximum Gasteiger partial charge on any atom is 0.263 e. The molecule has 2 heterocycles. The molecular formula is C24H23N3O5S. The molecule has 0 bridgehead atoms. The Bertz CT molecular complexity index is 1500. The van der Waals surface area contributed by atoms with Crippen LogP contribution in [0.2, 0.25) is 0 Å². The van der Waals surface area contributed by atoms with Gasteiger partial charge in [-0.25, -0.2) is 8.42 Å². The van der Waals surface area contributed by atoms with E-state index in [1.165, 1.54) is 42.5 Å². The largest absolute Gasteiger partial charge is 0.495 e. The fourth-order valence-electron chi connectivity index (χ4n) is 4.29. The van der Waals surface area contributed by atoms with Crippen LogP contribution in [0, 0.1) is 6.92 Å². The molecule has 2 aromatic heterocycles. The van der Waals surface area contributed by atoms with Crippen molar-refractivity contribution in [2.45, 2.75) is 37.0 Å². The zero-order valence-corrected chi connectivity index (χ0v) is 19.1. The number of ether oxygens (including phenoxy) is 1. The van der Waals surface area contributed by atoms with Crippen LogP contribution in [0.25, 0.3) is 16.6 Å². The van der Waals surface area contributed by atoms with E-state index in [1.54, 1.807) is 23.8 Å². The average Bonchev–Trinajstić information content (AvgIpc) is 3.25. The lowest BCUT2D eigenvalue weighted by molar-refractivity contribution is 0.400. The molecule has 0 unspecified atom stereocenters. The minimum absolute atomic E-state index is 0.0478. The number of aryl methyl sites for hydroxylation is 1. The summed E-state index contributed by atoms with van der Waals surface area (Å²) in [7, 11) is -2.29. The second-order valence-electron chi connectivity index (χ2n) is 8.23. The standard InChI is InChI=1S/C24H23N3O5S/c1-15-12-21(22(31-2)14-19(15)16-4-3-5-16)27-20-8-7-18(13-17(20)6-9-24(27)28)33(29,30)26-23-10-11-32-25-23/h6-14,16H,3-5H2,1-2H3,(H,25,26). The first-order chi connectivity index (χ1) is 15.9. The van der Waals surface area contributed by atoms with Crippen molar-refractivity contribution in [2.24, 2.45) is 0 Å². The zero-order valence-electron chi connectivity index (χ0n) is 18.2. The second kappa shape index (κ2) is 8.08. The van der Waals surface area contributed by atoms with E-state index in [4.69, 9.17) is 4.74 Å². The van der Waals surface area contributed by atoms with Crippen molar-refractivity contribution < 1.29 is 17.7 Å². The Labute approximate surface area is 190 Å². The molecule has 0 aliphatic heterocycles. The fourth-order valence-corrected chi connectivity index (χ4v) is 5.32. The van der Waals surface area contributed by atoms with Crippen molar-refractivity contribution in [1.82, 2.24) is 9.72 Å². The van der Waals surface area contributed by atoms with E-state index < -0.39 is 10.0 Å². The molecule has 0 spiro atoms. The lowest BCUT2D eigenvalue weighted by Gasteiger charge is -2.28. The van der Waals surface area contributed by atoms with Gasteiger partial charge in [-0.15, -0.1) is 0 Å². The van der Waals surface area contributed by atoms with E-state index in [2.05, 4.69) is 14.4 Å². The number of rotatable bonds is 6. The smallest absolute Gasteiger partial charge is 0.263 e. The lowest BCUT2D eigenvalue weighted by Crippen LogP contribution is -2.19. The highest BCUT2D eigenvalue weighted by atomic mass is 32.2. The normalized spacial score (nSPS) is 14.2. The molecule has 0 saturated heterocycles. The van der Waals surface area contributed by atoms with Gasteiger partial charge < -0.3 is 9.26 Å². The molecular weight excluding hydrogens is 442 g/mol. The van der Waals surface area contributed by atoms with E-state index in [0.29, 0.717) is 28.3 Å². The highest BCUT2D eigenvalue weighted by Crippen LogP contribution is 2.41. The molecule has 1 aliphatic carbocycles. The number of hydrogen-bond acceptors (Lipinski definition) is 6.